The lowest BCUT2D eigenvalue weighted by Gasteiger charge is -2.29. The third kappa shape index (κ3) is 5.12. The second kappa shape index (κ2) is 9.59. The van der Waals surface area contributed by atoms with Gasteiger partial charge < -0.3 is 14.0 Å². The van der Waals surface area contributed by atoms with Gasteiger partial charge in [-0.1, -0.05) is 41.6 Å². The van der Waals surface area contributed by atoms with Crippen LogP contribution in [0.3, 0.4) is 0 Å². The zero-order chi connectivity index (χ0) is 21.7. The highest BCUT2D eigenvalue weighted by atomic mass is 32.2. The van der Waals surface area contributed by atoms with E-state index in [2.05, 4.69) is 10.1 Å². The molecule has 2 aromatic carbocycles. The van der Waals surface area contributed by atoms with E-state index in [0.29, 0.717) is 50.0 Å². The van der Waals surface area contributed by atoms with Gasteiger partial charge in [0, 0.05) is 25.1 Å². The fourth-order valence-corrected chi connectivity index (χ4v) is 5.09. The van der Waals surface area contributed by atoms with Gasteiger partial charge in [0.05, 0.1) is 18.6 Å². The molecule has 0 amide bonds. The molecule has 1 fully saturated rings. The van der Waals surface area contributed by atoms with E-state index < -0.39 is 10.0 Å². The topological polar surface area (TPSA) is 94.8 Å². The molecule has 1 saturated heterocycles. The average Bonchev–Trinajstić information content (AvgIpc) is 3.29. The number of hydrogen-bond acceptors (Lipinski definition) is 7. The fourth-order valence-electron chi connectivity index (χ4n) is 3.59. The summed E-state index contributed by atoms with van der Waals surface area (Å²) in [6, 6.07) is 16.4. The molecule has 31 heavy (non-hydrogen) atoms. The van der Waals surface area contributed by atoms with Crippen molar-refractivity contribution in [2.75, 3.05) is 20.2 Å². The highest BCUT2D eigenvalue weighted by molar-refractivity contribution is 7.89. The summed E-state index contributed by atoms with van der Waals surface area (Å²) < 4.78 is 43.5. The van der Waals surface area contributed by atoms with Crippen LogP contribution in [0.15, 0.2) is 64.0 Å². The van der Waals surface area contributed by atoms with Crippen molar-refractivity contribution >= 4 is 10.0 Å². The molecule has 0 unspecified atom stereocenters. The van der Waals surface area contributed by atoms with Crippen LogP contribution in [-0.4, -0.2) is 43.1 Å². The molecule has 0 spiro atoms. The SMILES string of the molecule is COc1cccc(S(=O)(=O)N2CCC(c3noc(COCc4ccccc4)n3)CC2)c1. The first-order chi connectivity index (χ1) is 15.1. The number of methoxy groups -OCH3 is 1. The molecule has 4 rings (SSSR count). The standard InChI is InChI=1S/C22H25N3O5S/c1-28-19-8-5-9-20(14-19)31(26,27)25-12-10-18(11-13-25)22-23-21(30-24-22)16-29-15-17-6-3-2-4-7-17/h2-9,14,18H,10-13,15-16H2,1H3. The molecule has 0 saturated carbocycles. The molecule has 0 aliphatic carbocycles. The Morgan fingerprint density at radius 2 is 1.84 bits per heavy atom. The molecule has 0 N–H and O–H groups in total. The average molecular weight is 444 g/mol. The minimum atomic E-state index is -3.56. The lowest BCUT2D eigenvalue weighted by atomic mass is 9.98. The predicted octanol–water partition coefficient (Wildman–Crippen LogP) is 3.36. The van der Waals surface area contributed by atoms with Crippen molar-refractivity contribution in [3.63, 3.8) is 0 Å². The van der Waals surface area contributed by atoms with E-state index in [0.717, 1.165) is 5.56 Å². The number of aromatic nitrogens is 2. The van der Waals surface area contributed by atoms with E-state index >= 15 is 0 Å². The second-order valence-corrected chi connectivity index (χ2v) is 9.32. The largest absolute Gasteiger partial charge is 0.497 e. The molecule has 1 aromatic heterocycles. The molecular formula is C22H25N3O5S. The lowest BCUT2D eigenvalue weighted by Crippen LogP contribution is -2.38. The Labute approximate surface area is 181 Å². The fraction of sp³-hybridized carbons (Fsp3) is 0.364. The molecule has 8 nitrogen and oxygen atoms in total. The van der Waals surface area contributed by atoms with Crippen molar-refractivity contribution in [1.29, 1.82) is 0 Å². The monoisotopic (exact) mass is 443 g/mol. The maximum atomic E-state index is 12.9. The van der Waals surface area contributed by atoms with E-state index in [1.165, 1.54) is 11.4 Å². The lowest BCUT2D eigenvalue weighted by molar-refractivity contribution is 0.0850. The summed E-state index contributed by atoms with van der Waals surface area (Å²) >= 11 is 0. The number of sulfonamides is 1. The number of piperidine rings is 1. The van der Waals surface area contributed by atoms with E-state index in [1.54, 1.807) is 24.3 Å². The zero-order valence-electron chi connectivity index (χ0n) is 17.3. The summed E-state index contributed by atoms with van der Waals surface area (Å²) in [6.45, 7) is 1.52. The number of rotatable bonds is 8. The highest BCUT2D eigenvalue weighted by Crippen LogP contribution is 2.30. The van der Waals surface area contributed by atoms with Gasteiger partial charge in [0.2, 0.25) is 10.0 Å². The van der Waals surface area contributed by atoms with Crippen molar-refractivity contribution in [1.82, 2.24) is 14.4 Å². The van der Waals surface area contributed by atoms with Crippen molar-refractivity contribution in [2.45, 2.75) is 36.9 Å². The molecule has 1 aliphatic rings. The predicted molar refractivity (Wildman–Crippen MR) is 113 cm³/mol. The van der Waals surface area contributed by atoms with Crippen LogP contribution in [0.2, 0.25) is 0 Å². The molecular weight excluding hydrogens is 418 g/mol. The van der Waals surface area contributed by atoms with E-state index in [1.807, 2.05) is 30.3 Å². The number of ether oxygens (including phenoxy) is 2. The first kappa shape index (κ1) is 21.5. The molecule has 9 heteroatoms. The Morgan fingerprint density at radius 3 is 2.58 bits per heavy atom. The third-order valence-corrected chi connectivity index (χ3v) is 7.21. The molecule has 0 atom stereocenters. The smallest absolute Gasteiger partial charge is 0.252 e. The van der Waals surface area contributed by atoms with E-state index in [-0.39, 0.29) is 17.4 Å². The van der Waals surface area contributed by atoms with Crippen LogP contribution >= 0.6 is 0 Å². The van der Waals surface area contributed by atoms with Gasteiger partial charge in [0.1, 0.15) is 12.4 Å². The number of benzene rings is 2. The van der Waals surface area contributed by atoms with Crippen molar-refractivity contribution in [3.8, 4) is 5.75 Å². The van der Waals surface area contributed by atoms with E-state index in [9.17, 15) is 8.42 Å². The summed E-state index contributed by atoms with van der Waals surface area (Å²) in [6.07, 6.45) is 1.26. The summed E-state index contributed by atoms with van der Waals surface area (Å²) in [7, 11) is -2.05. The van der Waals surface area contributed by atoms with Gasteiger partial charge in [0.25, 0.3) is 5.89 Å². The van der Waals surface area contributed by atoms with Crippen LogP contribution in [0.1, 0.15) is 36.0 Å². The van der Waals surface area contributed by atoms with Gasteiger partial charge in [-0.25, -0.2) is 8.42 Å². The van der Waals surface area contributed by atoms with Crippen LogP contribution in [0.25, 0.3) is 0 Å². The van der Waals surface area contributed by atoms with Crippen LogP contribution in [0, 0.1) is 0 Å². The summed E-state index contributed by atoms with van der Waals surface area (Å²) in [5.74, 6) is 1.61. The summed E-state index contributed by atoms with van der Waals surface area (Å²) in [5.41, 5.74) is 1.08. The molecule has 0 radical (unpaired) electrons. The molecule has 164 valence electrons. The number of hydrogen-bond donors (Lipinski definition) is 0. The Bertz CT molecular complexity index is 1090. The second-order valence-electron chi connectivity index (χ2n) is 7.38. The molecule has 3 aromatic rings. The highest BCUT2D eigenvalue weighted by Gasteiger charge is 2.32. The van der Waals surface area contributed by atoms with Crippen LogP contribution in [0.4, 0.5) is 0 Å². The summed E-state index contributed by atoms with van der Waals surface area (Å²) in [4.78, 5) is 4.68. The minimum absolute atomic E-state index is 0.0587. The maximum Gasteiger partial charge on any atom is 0.252 e. The van der Waals surface area contributed by atoms with Crippen molar-refractivity contribution in [3.05, 3.63) is 71.9 Å². The Kier molecular flexibility index (Phi) is 6.64. The van der Waals surface area contributed by atoms with Gasteiger partial charge >= 0.3 is 0 Å². The zero-order valence-corrected chi connectivity index (χ0v) is 18.1. The third-order valence-electron chi connectivity index (χ3n) is 5.32. The van der Waals surface area contributed by atoms with Crippen LogP contribution in [0.5, 0.6) is 5.75 Å². The first-order valence-electron chi connectivity index (χ1n) is 10.1. The van der Waals surface area contributed by atoms with Crippen LogP contribution in [-0.2, 0) is 28.0 Å². The van der Waals surface area contributed by atoms with Gasteiger partial charge in [0.15, 0.2) is 5.82 Å². The van der Waals surface area contributed by atoms with Crippen molar-refractivity contribution in [2.24, 2.45) is 0 Å². The van der Waals surface area contributed by atoms with Gasteiger partial charge in [-0.05, 0) is 30.5 Å². The minimum Gasteiger partial charge on any atom is -0.497 e. The number of nitrogens with zero attached hydrogens (tertiary/aromatic N) is 3. The van der Waals surface area contributed by atoms with Gasteiger partial charge in [-0.2, -0.15) is 9.29 Å². The van der Waals surface area contributed by atoms with Crippen LogP contribution < -0.4 is 4.74 Å². The van der Waals surface area contributed by atoms with Gasteiger partial charge in [-0.15, -0.1) is 0 Å². The Balaban J connectivity index is 1.31. The maximum absolute atomic E-state index is 12.9. The molecule has 0 bridgehead atoms. The molecule has 1 aliphatic heterocycles. The van der Waals surface area contributed by atoms with Crippen molar-refractivity contribution < 1.29 is 22.4 Å². The Morgan fingerprint density at radius 1 is 1.06 bits per heavy atom. The molecule has 2 heterocycles. The first-order valence-corrected chi connectivity index (χ1v) is 11.6. The van der Waals surface area contributed by atoms with E-state index in [4.69, 9.17) is 14.0 Å². The normalized spacial score (nSPS) is 15.8. The van der Waals surface area contributed by atoms with Gasteiger partial charge in [-0.3, -0.25) is 0 Å². The Hall–Kier alpha value is -2.75. The summed E-state index contributed by atoms with van der Waals surface area (Å²) in [5, 5.41) is 4.08. The quantitative estimate of drug-likeness (QED) is 0.527.